The van der Waals surface area contributed by atoms with Gasteiger partial charge in [-0.2, -0.15) is 0 Å². The van der Waals surface area contributed by atoms with Crippen LogP contribution < -0.4 is 5.32 Å². The molecule has 1 atom stereocenters. The number of alkyl halides is 1. The van der Waals surface area contributed by atoms with Crippen molar-refractivity contribution in [2.24, 2.45) is 0 Å². The molecule has 0 aliphatic rings. The third-order valence-corrected chi connectivity index (χ3v) is 1.74. The Balaban J connectivity index is 2.86. The maximum atomic E-state index is 3.37. The van der Waals surface area contributed by atoms with Crippen molar-refractivity contribution in [3.8, 4) is 0 Å². The van der Waals surface area contributed by atoms with Gasteiger partial charge in [-0.25, -0.2) is 0 Å². The van der Waals surface area contributed by atoms with E-state index in [1.54, 1.807) is 0 Å². The third kappa shape index (κ3) is 4.84. The fraction of sp³-hybridized carbons (Fsp3) is 1.00. The Morgan fingerprint density at radius 2 is 2.25 bits per heavy atom. The minimum Gasteiger partial charge on any atom is -0.314 e. The van der Waals surface area contributed by atoms with Crippen LogP contribution in [0.3, 0.4) is 0 Å². The summed E-state index contributed by atoms with van der Waals surface area (Å²) in [6.07, 6.45) is 1.23. The van der Waals surface area contributed by atoms with Crippen molar-refractivity contribution in [1.82, 2.24) is 5.32 Å². The number of halogens is 1. The molecule has 0 amide bonds. The molecule has 0 radical (unpaired) electrons. The van der Waals surface area contributed by atoms with Crippen LogP contribution in [0.2, 0.25) is 0 Å². The van der Waals surface area contributed by atoms with Gasteiger partial charge in [0.25, 0.3) is 0 Å². The zero-order chi connectivity index (χ0) is 6.41. The van der Waals surface area contributed by atoms with Gasteiger partial charge in [-0.05, 0) is 13.3 Å². The van der Waals surface area contributed by atoms with Gasteiger partial charge in [0.1, 0.15) is 0 Å². The van der Waals surface area contributed by atoms with Gasteiger partial charge < -0.3 is 5.32 Å². The van der Waals surface area contributed by atoms with Crippen molar-refractivity contribution in [2.75, 3.05) is 11.0 Å². The molecule has 0 fully saturated rings. The van der Waals surface area contributed by atoms with E-state index in [-0.39, 0.29) is 0 Å². The van der Waals surface area contributed by atoms with E-state index < -0.39 is 0 Å². The predicted molar refractivity (Wildman–Crippen MR) is 46.6 cm³/mol. The van der Waals surface area contributed by atoms with Crippen LogP contribution in [-0.2, 0) is 0 Å². The lowest BCUT2D eigenvalue weighted by Gasteiger charge is -2.07. The Labute approximate surface area is 65.4 Å². The van der Waals surface area contributed by atoms with Crippen molar-refractivity contribution in [1.29, 1.82) is 0 Å². The normalized spacial score (nSPS) is 13.9. The van der Waals surface area contributed by atoms with Gasteiger partial charge in [0, 0.05) is 17.0 Å². The van der Waals surface area contributed by atoms with Crippen molar-refractivity contribution in [2.45, 2.75) is 26.3 Å². The second-order valence-corrected chi connectivity index (χ2v) is 3.03. The zero-order valence-electron chi connectivity index (χ0n) is 5.58. The minimum atomic E-state index is 0.699. The molecule has 0 aromatic heterocycles. The standard InChI is InChI=1S/C6H14IN/c1-3-6(2)8-5-4-7/h6,8H,3-5H2,1-2H3/t6-/m0/s1. The summed E-state index contributed by atoms with van der Waals surface area (Å²) in [6, 6.07) is 0.699. The molecule has 0 aromatic carbocycles. The van der Waals surface area contributed by atoms with Gasteiger partial charge in [0.2, 0.25) is 0 Å². The monoisotopic (exact) mass is 227 g/mol. The van der Waals surface area contributed by atoms with Gasteiger partial charge in [-0.1, -0.05) is 29.5 Å². The second-order valence-electron chi connectivity index (χ2n) is 1.95. The van der Waals surface area contributed by atoms with Gasteiger partial charge >= 0.3 is 0 Å². The van der Waals surface area contributed by atoms with Crippen LogP contribution in [0.4, 0.5) is 0 Å². The molecule has 0 unspecified atom stereocenters. The molecule has 8 heavy (non-hydrogen) atoms. The number of nitrogens with one attached hydrogen (secondary N) is 1. The average molecular weight is 227 g/mol. The van der Waals surface area contributed by atoms with Gasteiger partial charge in [0.15, 0.2) is 0 Å². The molecule has 0 heterocycles. The van der Waals surface area contributed by atoms with Gasteiger partial charge in [0.05, 0.1) is 0 Å². The van der Waals surface area contributed by atoms with Gasteiger partial charge in [-0.15, -0.1) is 0 Å². The molecular formula is C6H14IN. The molecule has 0 aliphatic carbocycles. The van der Waals surface area contributed by atoms with Crippen molar-refractivity contribution < 1.29 is 0 Å². The number of hydrogen-bond donors (Lipinski definition) is 1. The lowest BCUT2D eigenvalue weighted by molar-refractivity contribution is 0.557. The van der Waals surface area contributed by atoms with Crippen LogP contribution >= 0.6 is 22.6 Å². The highest BCUT2D eigenvalue weighted by Crippen LogP contribution is 1.87. The zero-order valence-corrected chi connectivity index (χ0v) is 7.73. The summed E-state index contributed by atoms with van der Waals surface area (Å²) in [6.45, 7) is 5.56. The molecule has 50 valence electrons. The lowest BCUT2D eigenvalue weighted by Crippen LogP contribution is -2.26. The Morgan fingerprint density at radius 3 is 2.62 bits per heavy atom. The Bertz CT molecular complexity index is 47.8. The maximum absolute atomic E-state index is 3.37. The van der Waals surface area contributed by atoms with Crippen molar-refractivity contribution >= 4 is 22.6 Å². The van der Waals surface area contributed by atoms with Crippen molar-refractivity contribution in [3.63, 3.8) is 0 Å². The Morgan fingerprint density at radius 1 is 1.62 bits per heavy atom. The van der Waals surface area contributed by atoms with Crippen LogP contribution in [0.1, 0.15) is 20.3 Å². The Hall–Kier alpha value is 0.690. The first kappa shape index (κ1) is 8.69. The van der Waals surface area contributed by atoms with Crippen LogP contribution in [0, 0.1) is 0 Å². The fourth-order valence-corrected chi connectivity index (χ4v) is 0.757. The van der Waals surface area contributed by atoms with E-state index in [9.17, 15) is 0 Å². The van der Waals surface area contributed by atoms with Crippen LogP contribution in [0.5, 0.6) is 0 Å². The summed E-state index contributed by atoms with van der Waals surface area (Å²) in [4.78, 5) is 0. The summed E-state index contributed by atoms with van der Waals surface area (Å²) in [7, 11) is 0. The summed E-state index contributed by atoms with van der Waals surface area (Å²) < 4.78 is 1.21. The minimum absolute atomic E-state index is 0.699. The highest BCUT2D eigenvalue weighted by molar-refractivity contribution is 14.1. The summed E-state index contributed by atoms with van der Waals surface area (Å²) in [5.41, 5.74) is 0. The predicted octanol–water partition coefficient (Wildman–Crippen LogP) is 1.81. The molecule has 1 nitrogen and oxygen atoms in total. The van der Waals surface area contributed by atoms with E-state index in [1.807, 2.05) is 0 Å². The van der Waals surface area contributed by atoms with E-state index >= 15 is 0 Å². The molecule has 0 aliphatic heterocycles. The SMILES string of the molecule is CC[C@H](C)NCCI. The molecule has 0 aromatic rings. The molecule has 2 heteroatoms. The van der Waals surface area contributed by atoms with Crippen LogP contribution in [-0.4, -0.2) is 17.0 Å². The van der Waals surface area contributed by atoms with E-state index in [0.29, 0.717) is 6.04 Å². The summed E-state index contributed by atoms with van der Waals surface area (Å²) >= 11 is 2.37. The average Bonchev–Trinajstić information content (AvgIpc) is 1.83. The second kappa shape index (κ2) is 5.82. The van der Waals surface area contributed by atoms with Crippen LogP contribution in [0.25, 0.3) is 0 Å². The molecular weight excluding hydrogens is 213 g/mol. The van der Waals surface area contributed by atoms with Crippen LogP contribution in [0.15, 0.2) is 0 Å². The quantitative estimate of drug-likeness (QED) is 0.570. The molecule has 0 saturated heterocycles. The molecule has 0 saturated carbocycles. The van der Waals surface area contributed by atoms with E-state index in [1.165, 1.54) is 10.8 Å². The van der Waals surface area contributed by atoms with Gasteiger partial charge in [-0.3, -0.25) is 0 Å². The first-order valence-electron chi connectivity index (χ1n) is 3.10. The number of rotatable bonds is 4. The lowest BCUT2D eigenvalue weighted by atomic mass is 10.3. The number of hydrogen-bond acceptors (Lipinski definition) is 1. The molecule has 0 bridgehead atoms. The first-order chi connectivity index (χ1) is 3.81. The molecule has 0 spiro atoms. The largest absolute Gasteiger partial charge is 0.314 e. The topological polar surface area (TPSA) is 12.0 Å². The molecule has 1 N–H and O–H groups in total. The third-order valence-electron chi connectivity index (χ3n) is 1.20. The first-order valence-corrected chi connectivity index (χ1v) is 4.63. The van der Waals surface area contributed by atoms with E-state index in [2.05, 4.69) is 41.8 Å². The highest BCUT2D eigenvalue weighted by Gasteiger charge is 1.92. The Kier molecular flexibility index (Phi) is 6.32. The summed E-state index contributed by atoms with van der Waals surface area (Å²) in [5, 5.41) is 3.37. The smallest absolute Gasteiger partial charge is 0.0121 e. The van der Waals surface area contributed by atoms with E-state index in [0.717, 1.165) is 6.54 Å². The summed E-state index contributed by atoms with van der Waals surface area (Å²) in [5.74, 6) is 0. The molecule has 0 rings (SSSR count). The maximum Gasteiger partial charge on any atom is 0.0121 e. The fourth-order valence-electron chi connectivity index (χ4n) is 0.445. The highest BCUT2D eigenvalue weighted by atomic mass is 127. The van der Waals surface area contributed by atoms with Crippen molar-refractivity contribution in [3.05, 3.63) is 0 Å². The van der Waals surface area contributed by atoms with E-state index in [4.69, 9.17) is 0 Å².